The third-order valence-corrected chi connectivity index (χ3v) is 4.57. The topological polar surface area (TPSA) is 20.2 Å². The third-order valence-electron chi connectivity index (χ3n) is 4.57. The van der Waals surface area contributed by atoms with Crippen LogP contribution in [0.15, 0.2) is 11.6 Å². The zero-order valence-corrected chi connectivity index (χ0v) is 9.53. The summed E-state index contributed by atoms with van der Waals surface area (Å²) in [6, 6.07) is 0. The fraction of sp³-hybridized carbons (Fsp3) is 0.846. The summed E-state index contributed by atoms with van der Waals surface area (Å²) in [6.45, 7) is 6.55. The van der Waals surface area contributed by atoms with E-state index in [1.54, 1.807) is 5.57 Å². The van der Waals surface area contributed by atoms with Gasteiger partial charge in [0.05, 0.1) is 6.10 Å². The van der Waals surface area contributed by atoms with Gasteiger partial charge in [0.1, 0.15) is 0 Å². The average Bonchev–Trinajstić information content (AvgIpc) is 2.15. The molecule has 0 heterocycles. The highest BCUT2D eigenvalue weighted by atomic mass is 16.3. The van der Waals surface area contributed by atoms with Gasteiger partial charge < -0.3 is 5.11 Å². The number of aliphatic hydroxyl groups excluding tert-OH is 1. The lowest BCUT2D eigenvalue weighted by molar-refractivity contribution is 0.0211. The molecule has 1 N–H and O–H groups in total. The summed E-state index contributed by atoms with van der Waals surface area (Å²) in [6.07, 6.45) is 6.12. The number of allylic oxidation sites excluding steroid dienone is 2. The van der Waals surface area contributed by atoms with Crippen LogP contribution in [0.4, 0.5) is 0 Å². The maximum atomic E-state index is 9.77. The number of aliphatic hydroxyl groups is 1. The van der Waals surface area contributed by atoms with E-state index < -0.39 is 0 Å². The molecule has 14 heavy (non-hydrogen) atoms. The molecule has 0 aromatic carbocycles. The van der Waals surface area contributed by atoms with Crippen LogP contribution in [0.2, 0.25) is 0 Å². The molecule has 0 saturated heterocycles. The van der Waals surface area contributed by atoms with Crippen LogP contribution in [0, 0.1) is 23.7 Å². The smallest absolute Gasteiger partial charge is 0.0543 e. The van der Waals surface area contributed by atoms with E-state index in [-0.39, 0.29) is 6.10 Å². The Morgan fingerprint density at radius 2 is 2.14 bits per heavy atom. The van der Waals surface area contributed by atoms with Crippen molar-refractivity contribution in [1.82, 2.24) is 0 Å². The molecule has 80 valence electrons. The van der Waals surface area contributed by atoms with Gasteiger partial charge in [-0.1, -0.05) is 18.6 Å². The van der Waals surface area contributed by atoms with Gasteiger partial charge in [-0.05, 0) is 56.8 Å². The fourth-order valence-electron chi connectivity index (χ4n) is 3.39. The number of fused-ring (bicyclic) bond motifs is 2. The highest BCUT2D eigenvalue weighted by Crippen LogP contribution is 2.46. The third kappa shape index (κ3) is 1.63. The van der Waals surface area contributed by atoms with E-state index in [1.807, 2.05) is 6.92 Å². The van der Waals surface area contributed by atoms with E-state index in [4.69, 9.17) is 0 Å². The summed E-state index contributed by atoms with van der Waals surface area (Å²) in [5, 5.41) is 9.77. The monoisotopic (exact) mass is 194 g/mol. The van der Waals surface area contributed by atoms with Crippen LogP contribution in [-0.2, 0) is 0 Å². The number of rotatable bonds is 1. The Bertz CT molecular complexity index is 242. The zero-order chi connectivity index (χ0) is 10.3. The largest absolute Gasteiger partial charge is 0.393 e. The van der Waals surface area contributed by atoms with Gasteiger partial charge in [0.2, 0.25) is 0 Å². The molecule has 2 aliphatic carbocycles. The SMILES string of the molecule is CC1=CCC2CC1CC(C(C)O)C2C. The van der Waals surface area contributed by atoms with Gasteiger partial charge in [-0.2, -0.15) is 0 Å². The molecule has 2 bridgehead atoms. The predicted molar refractivity (Wildman–Crippen MR) is 58.9 cm³/mol. The van der Waals surface area contributed by atoms with Crippen LogP contribution in [0.5, 0.6) is 0 Å². The predicted octanol–water partition coefficient (Wildman–Crippen LogP) is 3.00. The van der Waals surface area contributed by atoms with E-state index in [1.165, 1.54) is 19.3 Å². The molecule has 0 amide bonds. The van der Waals surface area contributed by atoms with Crippen molar-refractivity contribution >= 4 is 0 Å². The van der Waals surface area contributed by atoms with Gasteiger partial charge >= 0.3 is 0 Å². The minimum Gasteiger partial charge on any atom is -0.393 e. The van der Waals surface area contributed by atoms with E-state index in [0.29, 0.717) is 11.8 Å². The van der Waals surface area contributed by atoms with Crippen molar-refractivity contribution in [2.75, 3.05) is 0 Å². The normalized spacial score (nSPS) is 44.4. The minimum absolute atomic E-state index is 0.124. The van der Waals surface area contributed by atoms with Crippen molar-refractivity contribution in [2.24, 2.45) is 23.7 Å². The van der Waals surface area contributed by atoms with Gasteiger partial charge in [0, 0.05) is 0 Å². The summed E-state index contributed by atoms with van der Waals surface area (Å²) in [7, 11) is 0. The van der Waals surface area contributed by atoms with Gasteiger partial charge in [-0.3, -0.25) is 0 Å². The lowest BCUT2D eigenvalue weighted by Crippen LogP contribution is -2.38. The van der Waals surface area contributed by atoms with Crippen molar-refractivity contribution in [1.29, 1.82) is 0 Å². The van der Waals surface area contributed by atoms with Crippen LogP contribution in [0.3, 0.4) is 0 Å². The molecule has 5 atom stereocenters. The summed E-state index contributed by atoms with van der Waals surface area (Å²) in [5.41, 5.74) is 1.57. The standard InChI is InChI=1S/C13H22O/c1-8-4-5-11-6-12(8)7-13(9(11)2)10(3)14/h4,9-14H,5-7H2,1-3H3. The molecule has 1 saturated carbocycles. The van der Waals surface area contributed by atoms with Gasteiger partial charge in [0.25, 0.3) is 0 Å². The Hall–Kier alpha value is -0.300. The van der Waals surface area contributed by atoms with Crippen LogP contribution in [-0.4, -0.2) is 11.2 Å². The quantitative estimate of drug-likeness (QED) is 0.636. The van der Waals surface area contributed by atoms with Gasteiger partial charge in [-0.25, -0.2) is 0 Å². The van der Waals surface area contributed by atoms with Crippen LogP contribution in [0.1, 0.15) is 40.0 Å². The molecule has 2 aliphatic rings. The fourth-order valence-corrected chi connectivity index (χ4v) is 3.39. The summed E-state index contributed by atoms with van der Waals surface area (Å²) in [4.78, 5) is 0. The Kier molecular flexibility index (Phi) is 2.70. The second-order valence-electron chi connectivity index (χ2n) is 5.38. The van der Waals surface area contributed by atoms with Crippen LogP contribution < -0.4 is 0 Å². The van der Waals surface area contributed by atoms with E-state index in [9.17, 15) is 5.11 Å². The number of hydrogen-bond acceptors (Lipinski definition) is 1. The van der Waals surface area contributed by atoms with Crippen molar-refractivity contribution in [2.45, 2.75) is 46.1 Å². The summed E-state index contributed by atoms with van der Waals surface area (Å²) in [5.74, 6) is 2.83. The first-order chi connectivity index (χ1) is 6.59. The Morgan fingerprint density at radius 3 is 2.79 bits per heavy atom. The highest BCUT2D eigenvalue weighted by molar-refractivity contribution is 5.12. The van der Waals surface area contributed by atoms with Crippen LogP contribution in [0.25, 0.3) is 0 Å². The molecule has 1 fully saturated rings. The molecule has 0 aliphatic heterocycles. The van der Waals surface area contributed by atoms with E-state index in [0.717, 1.165) is 11.8 Å². The molecule has 0 aromatic rings. The van der Waals surface area contributed by atoms with Crippen molar-refractivity contribution in [3.63, 3.8) is 0 Å². The first kappa shape index (κ1) is 10.2. The number of hydrogen-bond donors (Lipinski definition) is 1. The van der Waals surface area contributed by atoms with Crippen LogP contribution >= 0.6 is 0 Å². The van der Waals surface area contributed by atoms with Gasteiger partial charge in [0.15, 0.2) is 0 Å². The maximum Gasteiger partial charge on any atom is 0.0543 e. The average molecular weight is 194 g/mol. The lowest BCUT2D eigenvalue weighted by atomic mass is 9.62. The first-order valence-corrected chi connectivity index (χ1v) is 5.94. The van der Waals surface area contributed by atoms with Gasteiger partial charge in [-0.15, -0.1) is 0 Å². The summed E-state index contributed by atoms with van der Waals surface area (Å²) >= 11 is 0. The molecular weight excluding hydrogens is 172 g/mol. The van der Waals surface area contributed by atoms with E-state index in [2.05, 4.69) is 19.9 Å². The Labute approximate surface area is 87.2 Å². The maximum absolute atomic E-state index is 9.77. The molecule has 5 unspecified atom stereocenters. The molecule has 0 spiro atoms. The van der Waals surface area contributed by atoms with Crippen molar-refractivity contribution in [3.8, 4) is 0 Å². The van der Waals surface area contributed by atoms with Crippen molar-refractivity contribution in [3.05, 3.63) is 11.6 Å². The summed E-state index contributed by atoms with van der Waals surface area (Å²) < 4.78 is 0. The van der Waals surface area contributed by atoms with E-state index >= 15 is 0 Å². The molecule has 1 heteroatoms. The molecule has 2 rings (SSSR count). The zero-order valence-electron chi connectivity index (χ0n) is 9.53. The molecule has 1 nitrogen and oxygen atoms in total. The second-order valence-corrected chi connectivity index (χ2v) is 5.38. The Balaban J connectivity index is 2.17. The Morgan fingerprint density at radius 1 is 1.43 bits per heavy atom. The molecular formula is C13H22O. The second kappa shape index (κ2) is 3.69. The first-order valence-electron chi connectivity index (χ1n) is 5.94. The minimum atomic E-state index is -0.124. The highest BCUT2D eigenvalue weighted by Gasteiger charge is 2.38. The molecule has 0 aromatic heterocycles. The lowest BCUT2D eigenvalue weighted by Gasteiger charge is -2.44. The molecule has 0 radical (unpaired) electrons. The van der Waals surface area contributed by atoms with Crippen molar-refractivity contribution < 1.29 is 5.11 Å².